The molecule has 0 fully saturated rings. The Labute approximate surface area is 151 Å². The molecule has 0 N–H and O–H groups in total. The van der Waals surface area contributed by atoms with E-state index in [0.29, 0.717) is 22.2 Å². The van der Waals surface area contributed by atoms with E-state index in [9.17, 15) is 9.59 Å². The van der Waals surface area contributed by atoms with Gasteiger partial charge in [0.05, 0.1) is 23.6 Å². The third-order valence-electron chi connectivity index (χ3n) is 3.52. The van der Waals surface area contributed by atoms with Crippen molar-refractivity contribution in [3.63, 3.8) is 0 Å². The second-order valence-electron chi connectivity index (χ2n) is 5.01. The summed E-state index contributed by atoms with van der Waals surface area (Å²) in [5.41, 5.74) is 0.360. The van der Waals surface area contributed by atoms with Gasteiger partial charge in [0, 0.05) is 16.7 Å². The van der Waals surface area contributed by atoms with Crippen LogP contribution in [0.5, 0.6) is 5.75 Å². The fraction of sp³-hybridized carbons (Fsp3) is 0.118. The minimum absolute atomic E-state index is 0.0644. The topological polar surface area (TPSA) is 72.6 Å². The molecule has 1 aromatic heterocycles. The van der Waals surface area contributed by atoms with Crippen LogP contribution in [0.4, 0.5) is 6.01 Å². The van der Waals surface area contributed by atoms with Crippen molar-refractivity contribution in [2.45, 2.75) is 0 Å². The number of halogens is 1. The smallest absolute Gasteiger partial charge is 0.348 e. The maximum Gasteiger partial charge on any atom is 0.348 e. The molecule has 0 saturated heterocycles. The summed E-state index contributed by atoms with van der Waals surface area (Å²) in [6.07, 6.45) is 0. The van der Waals surface area contributed by atoms with Gasteiger partial charge in [0.25, 0.3) is 5.91 Å². The van der Waals surface area contributed by atoms with Crippen LogP contribution >= 0.6 is 22.6 Å². The number of rotatable bonds is 3. The molecule has 0 radical (unpaired) electrons. The lowest BCUT2D eigenvalue weighted by atomic mass is 10.2. The number of aromatic nitrogens is 1. The normalized spacial score (nSPS) is 10.6. The first kappa shape index (κ1) is 16.4. The zero-order valence-electron chi connectivity index (χ0n) is 12.9. The number of anilines is 1. The van der Waals surface area contributed by atoms with Crippen molar-refractivity contribution in [1.29, 1.82) is 0 Å². The molecule has 0 spiro atoms. The lowest BCUT2D eigenvalue weighted by Gasteiger charge is -2.15. The molecule has 6 nitrogen and oxygen atoms in total. The first-order valence-electron chi connectivity index (χ1n) is 7.02. The van der Waals surface area contributed by atoms with E-state index in [2.05, 4.69) is 27.6 Å². The van der Waals surface area contributed by atoms with Crippen LogP contribution in [0.3, 0.4) is 0 Å². The van der Waals surface area contributed by atoms with E-state index in [1.165, 1.54) is 19.1 Å². The number of methoxy groups -OCH3 is 1. The predicted molar refractivity (Wildman–Crippen MR) is 98.7 cm³/mol. The SMILES string of the molecule is COc1ccc2c(=O)oc(N(C)C(=O)c3ccccc3I)nc2c1. The van der Waals surface area contributed by atoms with E-state index < -0.39 is 5.63 Å². The summed E-state index contributed by atoms with van der Waals surface area (Å²) in [4.78, 5) is 30.3. The van der Waals surface area contributed by atoms with Crippen molar-refractivity contribution in [3.05, 3.63) is 62.0 Å². The fourth-order valence-corrected chi connectivity index (χ4v) is 2.83. The van der Waals surface area contributed by atoms with E-state index in [-0.39, 0.29) is 11.9 Å². The lowest BCUT2D eigenvalue weighted by molar-refractivity contribution is 0.0986. The van der Waals surface area contributed by atoms with Crippen molar-refractivity contribution in [1.82, 2.24) is 4.98 Å². The Morgan fingerprint density at radius 1 is 1.25 bits per heavy atom. The maximum atomic E-state index is 12.6. The average molecular weight is 436 g/mol. The standard InChI is InChI=1S/C17H13IN2O4/c1-20(15(21)11-5-3-4-6-13(11)18)17-19-14-9-10(23-2)7-8-12(14)16(22)24-17/h3-9H,1-2H3. The van der Waals surface area contributed by atoms with Crippen molar-refractivity contribution in [2.75, 3.05) is 19.1 Å². The van der Waals surface area contributed by atoms with Crippen LogP contribution in [0.15, 0.2) is 51.7 Å². The van der Waals surface area contributed by atoms with Gasteiger partial charge in [-0.2, -0.15) is 4.98 Å². The summed E-state index contributed by atoms with van der Waals surface area (Å²) in [7, 11) is 3.04. The highest BCUT2D eigenvalue weighted by Crippen LogP contribution is 2.21. The largest absolute Gasteiger partial charge is 0.497 e. The van der Waals surface area contributed by atoms with E-state index >= 15 is 0 Å². The Hall–Kier alpha value is -2.42. The summed E-state index contributed by atoms with van der Waals surface area (Å²) in [5.74, 6) is 0.260. The summed E-state index contributed by atoms with van der Waals surface area (Å²) in [5, 5.41) is 0.328. The van der Waals surface area contributed by atoms with Gasteiger partial charge < -0.3 is 9.15 Å². The van der Waals surface area contributed by atoms with Gasteiger partial charge in [0.15, 0.2) is 0 Å². The number of carbonyl (C=O) groups excluding carboxylic acids is 1. The van der Waals surface area contributed by atoms with Gasteiger partial charge in [-0.25, -0.2) is 4.79 Å². The van der Waals surface area contributed by atoms with Crippen LogP contribution < -0.4 is 15.3 Å². The molecule has 24 heavy (non-hydrogen) atoms. The number of ether oxygens (including phenoxy) is 1. The van der Waals surface area contributed by atoms with Gasteiger partial charge in [-0.3, -0.25) is 9.69 Å². The van der Waals surface area contributed by atoms with Gasteiger partial charge in [0.2, 0.25) is 0 Å². The van der Waals surface area contributed by atoms with Gasteiger partial charge in [-0.05, 0) is 46.9 Å². The molecular formula is C17H13IN2O4. The number of hydrogen-bond acceptors (Lipinski definition) is 5. The maximum absolute atomic E-state index is 12.6. The number of hydrogen-bond donors (Lipinski definition) is 0. The molecule has 3 rings (SSSR count). The number of nitrogens with zero attached hydrogens (tertiary/aromatic N) is 2. The molecule has 3 aromatic rings. The molecule has 0 atom stereocenters. The van der Waals surface area contributed by atoms with Crippen LogP contribution in [-0.2, 0) is 0 Å². The fourth-order valence-electron chi connectivity index (χ4n) is 2.21. The van der Waals surface area contributed by atoms with Crippen LogP contribution in [0.25, 0.3) is 10.9 Å². The third kappa shape index (κ3) is 2.99. The predicted octanol–water partition coefficient (Wildman–Crippen LogP) is 3.08. The van der Waals surface area contributed by atoms with Gasteiger partial charge in [0.1, 0.15) is 5.75 Å². The molecule has 1 heterocycles. The van der Waals surface area contributed by atoms with Crippen molar-refractivity contribution >= 4 is 45.4 Å². The number of carbonyl (C=O) groups is 1. The molecule has 1 amide bonds. The van der Waals surface area contributed by atoms with Crippen molar-refractivity contribution < 1.29 is 13.9 Å². The molecule has 0 aliphatic heterocycles. The highest BCUT2D eigenvalue weighted by atomic mass is 127. The third-order valence-corrected chi connectivity index (χ3v) is 4.46. The number of fused-ring (bicyclic) bond motifs is 1. The first-order valence-corrected chi connectivity index (χ1v) is 8.10. The average Bonchev–Trinajstić information content (AvgIpc) is 2.60. The van der Waals surface area contributed by atoms with Gasteiger partial charge in [-0.15, -0.1) is 0 Å². The second kappa shape index (κ2) is 6.60. The van der Waals surface area contributed by atoms with Crippen molar-refractivity contribution in [3.8, 4) is 5.75 Å². The van der Waals surface area contributed by atoms with Gasteiger partial charge >= 0.3 is 11.6 Å². The highest BCUT2D eigenvalue weighted by molar-refractivity contribution is 14.1. The minimum Gasteiger partial charge on any atom is -0.497 e. The van der Waals surface area contributed by atoms with E-state index in [1.807, 2.05) is 12.1 Å². The first-order chi connectivity index (χ1) is 11.5. The molecule has 0 unspecified atom stereocenters. The molecule has 2 aromatic carbocycles. The Morgan fingerprint density at radius 3 is 2.71 bits per heavy atom. The monoisotopic (exact) mass is 436 g/mol. The molecule has 7 heteroatoms. The second-order valence-corrected chi connectivity index (χ2v) is 6.17. The Balaban J connectivity index is 2.07. The van der Waals surface area contributed by atoms with E-state index in [0.717, 1.165) is 3.57 Å². The summed E-state index contributed by atoms with van der Waals surface area (Å²) in [6.45, 7) is 0. The molecule has 0 aliphatic carbocycles. The lowest BCUT2D eigenvalue weighted by Crippen LogP contribution is -2.28. The molecule has 0 aliphatic rings. The Bertz CT molecular complexity index is 984. The van der Waals surface area contributed by atoms with E-state index in [1.54, 1.807) is 30.3 Å². The zero-order chi connectivity index (χ0) is 17.3. The zero-order valence-corrected chi connectivity index (χ0v) is 15.1. The number of benzene rings is 2. The summed E-state index contributed by atoms with van der Waals surface area (Å²) in [6, 6.07) is 12.0. The van der Waals surface area contributed by atoms with Crippen LogP contribution in [0, 0.1) is 3.57 Å². The Kier molecular flexibility index (Phi) is 4.52. The molecular weight excluding hydrogens is 423 g/mol. The summed E-state index contributed by atoms with van der Waals surface area (Å²) >= 11 is 2.08. The molecule has 0 bridgehead atoms. The molecule has 122 valence electrons. The van der Waals surface area contributed by atoms with Crippen LogP contribution in [0.2, 0.25) is 0 Å². The molecule has 0 saturated carbocycles. The quantitative estimate of drug-likeness (QED) is 0.591. The number of amides is 1. The van der Waals surface area contributed by atoms with Gasteiger partial charge in [-0.1, -0.05) is 12.1 Å². The minimum atomic E-state index is -0.555. The summed E-state index contributed by atoms with van der Waals surface area (Å²) < 4.78 is 11.1. The van der Waals surface area contributed by atoms with E-state index in [4.69, 9.17) is 9.15 Å². The van der Waals surface area contributed by atoms with Crippen molar-refractivity contribution in [2.24, 2.45) is 0 Å². The van der Waals surface area contributed by atoms with Crippen LogP contribution in [0.1, 0.15) is 10.4 Å². The Morgan fingerprint density at radius 2 is 2.00 bits per heavy atom. The highest BCUT2D eigenvalue weighted by Gasteiger charge is 2.20. The van der Waals surface area contributed by atoms with Crippen LogP contribution in [-0.4, -0.2) is 25.0 Å².